The van der Waals surface area contributed by atoms with Crippen molar-refractivity contribution in [3.8, 4) is 11.5 Å². The average Bonchev–Trinajstić information content (AvgIpc) is 2.53. The van der Waals surface area contributed by atoms with Gasteiger partial charge in [-0.3, -0.25) is 9.78 Å². The summed E-state index contributed by atoms with van der Waals surface area (Å²) >= 11 is 0. The Kier molecular flexibility index (Phi) is 6.98. The zero-order valence-electron chi connectivity index (χ0n) is 12.1. The number of hydrogen-bond donors (Lipinski definition) is 0. The van der Waals surface area contributed by atoms with Crippen molar-refractivity contribution in [3.63, 3.8) is 0 Å². The molecular weight excluding hydrogens is 296 g/mol. The molecule has 1 aromatic heterocycles. The van der Waals surface area contributed by atoms with Gasteiger partial charge in [0.15, 0.2) is 11.5 Å². The molecule has 116 valence electrons. The summed E-state index contributed by atoms with van der Waals surface area (Å²) in [5.74, 6) is 1.11. The van der Waals surface area contributed by atoms with E-state index in [1.165, 1.54) is 6.08 Å². The van der Waals surface area contributed by atoms with Gasteiger partial charge in [-0.25, -0.2) is 0 Å². The molecule has 0 atom stereocenters. The molecule has 0 unspecified atom stereocenters. The van der Waals surface area contributed by atoms with Gasteiger partial charge in [-0.15, -0.1) is 12.4 Å². The number of pyridine rings is 1. The van der Waals surface area contributed by atoms with E-state index in [0.717, 1.165) is 0 Å². The number of aromatic nitrogens is 1. The summed E-state index contributed by atoms with van der Waals surface area (Å²) in [4.78, 5) is 17.9. The lowest BCUT2D eigenvalue weighted by molar-refractivity contribution is -0.129. The third-order valence-corrected chi connectivity index (χ3v) is 3.01. The highest BCUT2D eigenvalue weighted by Gasteiger charge is 2.14. The molecule has 0 bridgehead atoms. The summed E-state index contributed by atoms with van der Waals surface area (Å²) in [5, 5.41) is 0. The maximum Gasteiger partial charge on any atom is 0.246 e. The molecule has 0 radical (unpaired) electrons. The predicted octanol–water partition coefficient (Wildman–Crippen LogP) is 1.39. The summed E-state index contributed by atoms with van der Waals surface area (Å²) in [6, 6.07) is 1.72. The molecule has 0 aromatic carbocycles. The van der Waals surface area contributed by atoms with Gasteiger partial charge in [-0.05, 0) is 6.08 Å². The Hall–Kier alpha value is -1.79. The van der Waals surface area contributed by atoms with Crippen molar-refractivity contribution in [1.29, 1.82) is 0 Å². The van der Waals surface area contributed by atoms with Gasteiger partial charge in [0.2, 0.25) is 5.91 Å². The lowest BCUT2D eigenvalue weighted by atomic mass is 10.3. The zero-order valence-corrected chi connectivity index (χ0v) is 12.9. The summed E-state index contributed by atoms with van der Waals surface area (Å²) in [6.07, 6.45) is 4.75. The molecule has 0 saturated carbocycles. The number of amides is 1. The second-order valence-corrected chi connectivity index (χ2v) is 4.24. The molecule has 7 heteroatoms. The van der Waals surface area contributed by atoms with Crippen LogP contribution in [0.1, 0.15) is 5.69 Å². The topological polar surface area (TPSA) is 60.9 Å². The number of hydrogen-bond acceptors (Lipinski definition) is 5. The summed E-state index contributed by atoms with van der Waals surface area (Å²) < 4.78 is 15.5. The SMILES string of the molecule is COc1cnc(C=CC(=O)N2CCOCC2)cc1OC.Cl. The van der Waals surface area contributed by atoms with Crippen molar-refractivity contribution < 1.29 is 19.0 Å². The molecule has 0 aliphatic carbocycles. The molecule has 2 heterocycles. The number of nitrogens with zero attached hydrogens (tertiary/aromatic N) is 2. The normalized spacial score (nSPS) is 14.7. The largest absolute Gasteiger partial charge is 0.493 e. The van der Waals surface area contributed by atoms with Crippen molar-refractivity contribution in [2.24, 2.45) is 0 Å². The molecule has 21 heavy (non-hydrogen) atoms. The number of halogens is 1. The first kappa shape index (κ1) is 17.3. The van der Waals surface area contributed by atoms with Crippen LogP contribution >= 0.6 is 12.4 Å². The monoisotopic (exact) mass is 314 g/mol. The molecule has 2 rings (SSSR count). The van der Waals surface area contributed by atoms with Crippen molar-refractivity contribution in [2.45, 2.75) is 0 Å². The number of ether oxygens (including phenoxy) is 3. The van der Waals surface area contributed by atoms with Gasteiger partial charge >= 0.3 is 0 Å². The van der Waals surface area contributed by atoms with E-state index >= 15 is 0 Å². The molecule has 6 nitrogen and oxygen atoms in total. The minimum atomic E-state index is -0.0371. The predicted molar refractivity (Wildman–Crippen MR) is 81.0 cm³/mol. The first-order valence-corrected chi connectivity index (χ1v) is 6.37. The second-order valence-electron chi connectivity index (χ2n) is 4.24. The van der Waals surface area contributed by atoms with Crippen LogP contribution in [-0.4, -0.2) is 56.3 Å². The fourth-order valence-corrected chi connectivity index (χ4v) is 1.89. The van der Waals surface area contributed by atoms with Crippen molar-refractivity contribution in [2.75, 3.05) is 40.5 Å². The van der Waals surface area contributed by atoms with Gasteiger partial charge in [-0.1, -0.05) is 0 Å². The third-order valence-electron chi connectivity index (χ3n) is 3.01. The number of rotatable bonds is 4. The molecule has 1 aromatic rings. The first-order chi connectivity index (χ1) is 9.74. The smallest absolute Gasteiger partial charge is 0.246 e. The fraction of sp³-hybridized carbons (Fsp3) is 0.429. The van der Waals surface area contributed by atoms with E-state index < -0.39 is 0 Å². The molecule has 0 N–H and O–H groups in total. The second kappa shape index (κ2) is 8.49. The van der Waals surface area contributed by atoms with Crippen LogP contribution in [0.15, 0.2) is 18.3 Å². The maximum absolute atomic E-state index is 11.9. The van der Waals surface area contributed by atoms with Crippen LogP contribution in [0.25, 0.3) is 6.08 Å². The van der Waals surface area contributed by atoms with Crippen molar-refractivity contribution in [3.05, 3.63) is 24.0 Å². The quantitative estimate of drug-likeness (QED) is 0.786. The van der Waals surface area contributed by atoms with E-state index in [9.17, 15) is 4.79 Å². The Morgan fingerprint density at radius 1 is 1.29 bits per heavy atom. The molecule has 1 fully saturated rings. The molecule has 1 aliphatic rings. The highest BCUT2D eigenvalue weighted by molar-refractivity contribution is 5.91. The van der Waals surface area contributed by atoms with Gasteiger partial charge in [0.1, 0.15) is 0 Å². The summed E-state index contributed by atoms with van der Waals surface area (Å²) in [7, 11) is 3.11. The Labute approximate surface area is 130 Å². The Morgan fingerprint density at radius 2 is 1.95 bits per heavy atom. The van der Waals surface area contributed by atoms with Crippen LogP contribution < -0.4 is 9.47 Å². The van der Waals surface area contributed by atoms with Crippen LogP contribution in [0, 0.1) is 0 Å². The zero-order chi connectivity index (χ0) is 14.4. The summed E-state index contributed by atoms with van der Waals surface area (Å²) in [6.45, 7) is 2.44. The third kappa shape index (κ3) is 4.61. The first-order valence-electron chi connectivity index (χ1n) is 6.37. The summed E-state index contributed by atoms with van der Waals surface area (Å²) in [5.41, 5.74) is 0.643. The highest BCUT2D eigenvalue weighted by Crippen LogP contribution is 2.26. The maximum atomic E-state index is 11.9. The van der Waals surface area contributed by atoms with Crippen LogP contribution in [-0.2, 0) is 9.53 Å². The Balaban J connectivity index is 0.00000220. The molecule has 1 aliphatic heterocycles. The van der Waals surface area contributed by atoms with E-state index in [2.05, 4.69) is 4.98 Å². The number of carbonyl (C=O) groups is 1. The van der Waals surface area contributed by atoms with Crippen molar-refractivity contribution in [1.82, 2.24) is 9.88 Å². The van der Waals surface area contributed by atoms with E-state index in [4.69, 9.17) is 14.2 Å². The Bertz CT molecular complexity index is 502. The minimum Gasteiger partial charge on any atom is -0.493 e. The van der Waals surface area contributed by atoms with Gasteiger partial charge in [0.05, 0.1) is 39.3 Å². The lowest BCUT2D eigenvalue weighted by Crippen LogP contribution is -2.39. The molecule has 0 spiro atoms. The molecule has 1 saturated heterocycles. The minimum absolute atomic E-state index is 0. The number of carbonyl (C=O) groups excluding carboxylic acids is 1. The van der Waals surface area contributed by atoms with Crippen LogP contribution in [0.3, 0.4) is 0 Å². The molecular formula is C14H19ClN2O4. The number of methoxy groups -OCH3 is 2. The van der Waals surface area contributed by atoms with Gasteiger partial charge < -0.3 is 19.1 Å². The highest BCUT2D eigenvalue weighted by atomic mass is 35.5. The number of morpholine rings is 1. The van der Waals surface area contributed by atoms with E-state index in [-0.39, 0.29) is 18.3 Å². The van der Waals surface area contributed by atoms with Crippen LogP contribution in [0.4, 0.5) is 0 Å². The average molecular weight is 315 g/mol. The fourth-order valence-electron chi connectivity index (χ4n) is 1.89. The lowest BCUT2D eigenvalue weighted by Gasteiger charge is -2.25. The van der Waals surface area contributed by atoms with E-state index in [0.29, 0.717) is 43.5 Å². The van der Waals surface area contributed by atoms with Gasteiger partial charge in [0, 0.05) is 25.2 Å². The van der Waals surface area contributed by atoms with E-state index in [1.54, 1.807) is 37.5 Å². The van der Waals surface area contributed by atoms with E-state index in [1.807, 2.05) is 0 Å². The van der Waals surface area contributed by atoms with Gasteiger partial charge in [0.25, 0.3) is 0 Å². The molecule has 1 amide bonds. The van der Waals surface area contributed by atoms with Crippen molar-refractivity contribution >= 4 is 24.4 Å². The Morgan fingerprint density at radius 3 is 2.57 bits per heavy atom. The van der Waals surface area contributed by atoms with Crippen LogP contribution in [0.5, 0.6) is 11.5 Å². The van der Waals surface area contributed by atoms with Crippen LogP contribution in [0.2, 0.25) is 0 Å². The standard InChI is InChI=1S/C14H18N2O4.ClH/c1-18-12-9-11(15-10-13(12)19-2)3-4-14(17)16-5-7-20-8-6-16;/h3-4,9-10H,5-8H2,1-2H3;1H. The van der Waals surface area contributed by atoms with Gasteiger partial charge in [-0.2, -0.15) is 0 Å².